The molecule has 3 heteroatoms. The minimum atomic E-state index is -0.458. The summed E-state index contributed by atoms with van der Waals surface area (Å²) in [6.45, 7) is 11.1. The van der Waals surface area contributed by atoms with Gasteiger partial charge in [-0.15, -0.1) is 0 Å². The monoisotopic (exact) mass is 200 g/mol. The second-order valence-electron chi connectivity index (χ2n) is 4.33. The van der Waals surface area contributed by atoms with E-state index in [0.717, 1.165) is 12.8 Å². The Balaban J connectivity index is -0.0000000625. The van der Waals surface area contributed by atoms with Gasteiger partial charge in [0.25, 0.3) is 0 Å². The largest absolute Gasteiger partial charge is 1.00 e. The molecule has 0 aliphatic carbocycles. The standard InChI is InChI=1S/2C5H12O.Na.H/c2*1-4-5(2,3)6;;/h2*6H,4H2,1-3H3;;/q;;+1;-1. The molecule has 0 saturated carbocycles. The maximum Gasteiger partial charge on any atom is 1.00 e. The van der Waals surface area contributed by atoms with E-state index in [2.05, 4.69) is 0 Å². The summed E-state index contributed by atoms with van der Waals surface area (Å²) in [7, 11) is 0. The van der Waals surface area contributed by atoms with Crippen LogP contribution in [0.15, 0.2) is 0 Å². The van der Waals surface area contributed by atoms with Crippen LogP contribution in [0.5, 0.6) is 0 Å². The van der Waals surface area contributed by atoms with Gasteiger partial charge in [-0.05, 0) is 40.5 Å². The summed E-state index contributed by atoms with van der Waals surface area (Å²) in [5, 5.41) is 17.7. The summed E-state index contributed by atoms with van der Waals surface area (Å²) in [5.74, 6) is 0. The van der Waals surface area contributed by atoms with Gasteiger partial charge >= 0.3 is 29.6 Å². The number of hydrogen-bond acceptors (Lipinski definition) is 2. The fourth-order valence-corrected chi connectivity index (χ4v) is 0. The van der Waals surface area contributed by atoms with Crippen molar-refractivity contribution in [1.82, 2.24) is 0 Å². The Kier molecular flexibility index (Phi) is 12.4. The molecule has 0 heterocycles. The first-order valence-corrected chi connectivity index (χ1v) is 4.57. The van der Waals surface area contributed by atoms with Crippen LogP contribution in [0.25, 0.3) is 0 Å². The smallest absolute Gasteiger partial charge is 1.00 e. The number of hydrogen-bond donors (Lipinski definition) is 2. The SMILES string of the molecule is CCC(C)(C)O.CCC(C)(C)O.[H-].[Na+]. The Morgan fingerprint density at radius 3 is 0.923 bits per heavy atom. The number of rotatable bonds is 2. The molecule has 2 N–H and O–H groups in total. The molecule has 0 spiro atoms. The van der Waals surface area contributed by atoms with Gasteiger partial charge in [-0.2, -0.15) is 0 Å². The molecule has 0 aromatic rings. The first kappa shape index (κ1) is 19.5. The molecule has 2 nitrogen and oxygen atoms in total. The van der Waals surface area contributed by atoms with E-state index >= 15 is 0 Å². The van der Waals surface area contributed by atoms with Crippen molar-refractivity contribution in [1.29, 1.82) is 0 Å². The maximum atomic E-state index is 8.83. The minimum absolute atomic E-state index is 0. The molecule has 0 amide bonds. The molecule has 0 unspecified atom stereocenters. The molecular weight excluding hydrogens is 175 g/mol. The van der Waals surface area contributed by atoms with E-state index in [4.69, 9.17) is 10.2 Å². The molecule has 0 fully saturated rings. The van der Waals surface area contributed by atoms with Gasteiger partial charge in [-0.1, -0.05) is 13.8 Å². The Morgan fingerprint density at radius 1 is 0.846 bits per heavy atom. The quantitative estimate of drug-likeness (QED) is 0.587. The number of aliphatic hydroxyl groups is 2. The molecule has 13 heavy (non-hydrogen) atoms. The van der Waals surface area contributed by atoms with Gasteiger partial charge in [-0.3, -0.25) is 0 Å². The first-order valence-electron chi connectivity index (χ1n) is 4.57. The summed E-state index contributed by atoms with van der Waals surface area (Å²) < 4.78 is 0. The minimum Gasteiger partial charge on any atom is -1.00 e. The van der Waals surface area contributed by atoms with E-state index in [-0.39, 0.29) is 31.0 Å². The molecule has 0 radical (unpaired) electrons. The molecule has 0 aliphatic heterocycles. The third kappa shape index (κ3) is 32.2. The average molecular weight is 200 g/mol. The van der Waals surface area contributed by atoms with Crippen LogP contribution < -0.4 is 29.6 Å². The van der Waals surface area contributed by atoms with Crippen molar-refractivity contribution in [2.24, 2.45) is 0 Å². The Bertz CT molecular complexity index is 91.7. The van der Waals surface area contributed by atoms with Crippen molar-refractivity contribution < 1.29 is 41.2 Å². The Labute approximate surface area is 107 Å². The second kappa shape index (κ2) is 8.25. The predicted octanol–water partition coefficient (Wildman–Crippen LogP) is -0.549. The fraction of sp³-hybridized carbons (Fsp3) is 1.00. The summed E-state index contributed by atoms with van der Waals surface area (Å²) in [6.07, 6.45) is 1.65. The predicted molar refractivity (Wildman–Crippen MR) is 54.3 cm³/mol. The van der Waals surface area contributed by atoms with Crippen LogP contribution >= 0.6 is 0 Å². The van der Waals surface area contributed by atoms with E-state index in [0.29, 0.717) is 0 Å². The van der Waals surface area contributed by atoms with Crippen molar-refractivity contribution in [3.8, 4) is 0 Å². The van der Waals surface area contributed by atoms with Crippen molar-refractivity contribution >= 4 is 0 Å². The third-order valence-electron chi connectivity index (χ3n) is 1.73. The van der Waals surface area contributed by atoms with Crippen LogP contribution in [-0.4, -0.2) is 21.4 Å². The Morgan fingerprint density at radius 2 is 0.923 bits per heavy atom. The van der Waals surface area contributed by atoms with Crippen molar-refractivity contribution in [3.63, 3.8) is 0 Å². The molecule has 0 aromatic carbocycles. The molecule has 78 valence electrons. The summed E-state index contributed by atoms with van der Waals surface area (Å²) in [5.41, 5.74) is -0.917. The van der Waals surface area contributed by atoms with Gasteiger partial charge in [0.05, 0.1) is 11.2 Å². The van der Waals surface area contributed by atoms with Crippen LogP contribution in [0.2, 0.25) is 0 Å². The normalized spacial score (nSPS) is 11.1. The van der Waals surface area contributed by atoms with E-state index in [9.17, 15) is 0 Å². The van der Waals surface area contributed by atoms with Gasteiger partial charge in [-0.25, -0.2) is 0 Å². The van der Waals surface area contributed by atoms with E-state index in [1.165, 1.54) is 0 Å². The maximum absolute atomic E-state index is 8.83. The van der Waals surface area contributed by atoms with Gasteiger partial charge in [0.2, 0.25) is 0 Å². The van der Waals surface area contributed by atoms with Crippen molar-refractivity contribution in [2.75, 3.05) is 0 Å². The van der Waals surface area contributed by atoms with Gasteiger partial charge in [0, 0.05) is 0 Å². The van der Waals surface area contributed by atoms with Crippen LogP contribution in [0, 0.1) is 0 Å². The topological polar surface area (TPSA) is 40.5 Å². The molecule has 0 saturated heterocycles. The van der Waals surface area contributed by atoms with Crippen LogP contribution in [0.3, 0.4) is 0 Å². The van der Waals surface area contributed by atoms with Crippen LogP contribution in [0.1, 0.15) is 55.8 Å². The van der Waals surface area contributed by atoms with E-state index in [1.807, 2.05) is 13.8 Å². The molecule has 0 bridgehead atoms. The molecule has 0 aromatic heterocycles. The van der Waals surface area contributed by atoms with Crippen LogP contribution in [0.4, 0.5) is 0 Å². The van der Waals surface area contributed by atoms with Crippen LogP contribution in [-0.2, 0) is 0 Å². The van der Waals surface area contributed by atoms with E-state index < -0.39 is 11.2 Å². The fourth-order valence-electron chi connectivity index (χ4n) is 0. The summed E-state index contributed by atoms with van der Waals surface area (Å²) >= 11 is 0. The van der Waals surface area contributed by atoms with Gasteiger partial charge in [0.15, 0.2) is 0 Å². The Hall–Kier alpha value is 0.920. The van der Waals surface area contributed by atoms with Gasteiger partial charge < -0.3 is 11.6 Å². The van der Waals surface area contributed by atoms with Crippen molar-refractivity contribution in [3.05, 3.63) is 0 Å². The molecule has 0 rings (SSSR count). The zero-order valence-electron chi connectivity index (χ0n) is 11.3. The molecular formula is C10H25NaO2. The van der Waals surface area contributed by atoms with Crippen molar-refractivity contribution in [2.45, 2.75) is 65.6 Å². The third-order valence-corrected chi connectivity index (χ3v) is 1.73. The average Bonchev–Trinajstić information content (AvgIpc) is 1.86. The van der Waals surface area contributed by atoms with E-state index in [1.54, 1.807) is 27.7 Å². The first-order chi connectivity index (χ1) is 5.12. The second-order valence-corrected chi connectivity index (χ2v) is 4.33. The molecule has 0 aliphatic rings. The molecule has 0 atom stereocenters. The zero-order valence-corrected chi connectivity index (χ0v) is 12.3. The summed E-state index contributed by atoms with van der Waals surface area (Å²) in [6, 6.07) is 0. The zero-order chi connectivity index (χ0) is 10.4. The van der Waals surface area contributed by atoms with Gasteiger partial charge in [0.1, 0.15) is 0 Å². The summed E-state index contributed by atoms with van der Waals surface area (Å²) in [4.78, 5) is 0.